The molecular formula is C17H25N5S. The van der Waals surface area contributed by atoms with Crippen LogP contribution in [0.25, 0.3) is 0 Å². The van der Waals surface area contributed by atoms with Crippen LogP contribution in [0.1, 0.15) is 41.6 Å². The maximum atomic E-state index is 4.59. The highest BCUT2D eigenvalue weighted by molar-refractivity contribution is 7.09. The van der Waals surface area contributed by atoms with Gasteiger partial charge < -0.3 is 4.90 Å². The van der Waals surface area contributed by atoms with Crippen LogP contribution in [0.5, 0.6) is 0 Å². The minimum absolute atomic E-state index is 0.502. The Bertz CT molecular complexity index is 643. The number of rotatable bonds is 5. The third kappa shape index (κ3) is 3.34. The topological polar surface area (TPSA) is 37.2 Å². The Morgan fingerprint density at radius 3 is 2.91 bits per heavy atom. The molecule has 6 heteroatoms. The van der Waals surface area contributed by atoms with Crippen molar-refractivity contribution in [3.8, 4) is 0 Å². The van der Waals surface area contributed by atoms with Gasteiger partial charge in [0, 0.05) is 37.3 Å². The largest absolute Gasteiger partial charge is 0.303 e. The van der Waals surface area contributed by atoms with E-state index in [0.29, 0.717) is 6.04 Å². The molecule has 5 nitrogen and oxygen atoms in total. The van der Waals surface area contributed by atoms with Crippen LogP contribution in [0.4, 0.5) is 0 Å². The molecule has 0 N–H and O–H groups in total. The average Bonchev–Trinajstić information content (AvgIpc) is 3.28. The molecule has 1 fully saturated rings. The molecule has 0 aromatic carbocycles. The minimum atomic E-state index is 0.502. The first-order valence-corrected chi connectivity index (χ1v) is 9.53. The zero-order chi connectivity index (χ0) is 15.6. The highest BCUT2D eigenvalue weighted by atomic mass is 32.1. The second-order valence-electron chi connectivity index (χ2n) is 6.79. The molecular weight excluding hydrogens is 306 g/mol. The second kappa shape index (κ2) is 6.71. The summed E-state index contributed by atoms with van der Waals surface area (Å²) in [6.07, 6.45) is 5.90. The molecule has 0 bridgehead atoms. The maximum Gasteiger partial charge on any atom is 0.0798 e. The number of likely N-dealkylation sites (tertiary alicyclic amines) is 1. The van der Waals surface area contributed by atoms with Crippen LogP contribution in [0, 0.1) is 6.92 Å². The molecule has 4 rings (SSSR count). The summed E-state index contributed by atoms with van der Waals surface area (Å²) < 4.78 is 2.27. The van der Waals surface area contributed by atoms with Crippen molar-refractivity contribution >= 4 is 11.3 Å². The van der Waals surface area contributed by atoms with Crippen LogP contribution in [0.2, 0.25) is 0 Å². The standard InChI is InChI=1S/C17H25N5S/c1-14-17(23-13-18-14)12-21-10-15-4-6-19-22(15)16(11-21)5-9-20-7-2-3-8-20/h4,6,13,16H,2-3,5,7-12H2,1H3. The first kappa shape index (κ1) is 15.3. The van der Waals surface area contributed by atoms with E-state index in [2.05, 4.69) is 37.6 Å². The van der Waals surface area contributed by atoms with Gasteiger partial charge in [0.15, 0.2) is 0 Å². The van der Waals surface area contributed by atoms with Gasteiger partial charge in [0.1, 0.15) is 0 Å². The van der Waals surface area contributed by atoms with Crippen LogP contribution >= 0.6 is 11.3 Å². The Morgan fingerprint density at radius 1 is 1.26 bits per heavy atom. The fourth-order valence-electron chi connectivity index (χ4n) is 3.82. The Balaban J connectivity index is 1.44. The Hall–Kier alpha value is -1.24. The van der Waals surface area contributed by atoms with Crippen molar-refractivity contribution in [3.63, 3.8) is 0 Å². The van der Waals surface area contributed by atoms with E-state index in [1.165, 1.54) is 55.2 Å². The number of hydrogen-bond acceptors (Lipinski definition) is 5. The highest BCUT2D eigenvalue weighted by Crippen LogP contribution is 2.26. The monoisotopic (exact) mass is 331 g/mol. The van der Waals surface area contributed by atoms with Crippen molar-refractivity contribution in [2.24, 2.45) is 0 Å². The van der Waals surface area contributed by atoms with E-state index < -0.39 is 0 Å². The van der Waals surface area contributed by atoms with E-state index in [1.807, 2.05) is 11.7 Å². The highest BCUT2D eigenvalue weighted by Gasteiger charge is 2.26. The van der Waals surface area contributed by atoms with Crippen LogP contribution in [0.15, 0.2) is 17.8 Å². The molecule has 2 aromatic heterocycles. The lowest BCUT2D eigenvalue weighted by molar-refractivity contribution is 0.153. The van der Waals surface area contributed by atoms with Crippen LogP contribution in [-0.2, 0) is 13.1 Å². The number of aromatic nitrogens is 3. The van der Waals surface area contributed by atoms with Gasteiger partial charge in [0.05, 0.1) is 22.9 Å². The van der Waals surface area contributed by atoms with Crippen molar-refractivity contribution < 1.29 is 0 Å². The summed E-state index contributed by atoms with van der Waals surface area (Å²) in [7, 11) is 0. The minimum Gasteiger partial charge on any atom is -0.303 e. The summed E-state index contributed by atoms with van der Waals surface area (Å²) in [6, 6.07) is 2.68. The number of hydrogen-bond donors (Lipinski definition) is 0. The third-order valence-corrected chi connectivity index (χ3v) is 6.06. The zero-order valence-electron chi connectivity index (χ0n) is 13.8. The van der Waals surface area contributed by atoms with Gasteiger partial charge in [-0.2, -0.15) is 5.10 Å². The van der Waals surface area contributed by atoms with E-state index in [0.717, 1.165) is 19.6 Å². The third-order valence-electron chi connectivity index (χ3n) is 5.14. The average molecular weight is 331 g/mol. The number of nitrogens with zero attached hydrogens (tertiary/aromatic N) is 5. The summed E-state index contributed by atoms with van der Waals surface area (Å²) in [5.74, 6) is 0. The van der Waals surface area contributed by atoms with Crippen molar-refractivity contribution in [1.29, 1.82) is 0 Å². The van der Waals surface area contributed by atoms with Gasteiger partial charge in [0.25, 0.3) is 0 Å². The summed E-state index contributed by atoms with van der Waals surface area (Å²) in [6.45, 7) is 8.99. The molecule has 4 heterocycles. The molecule has 1 atom stereocenters. The van der Waals surface area contributed by atoms with E-state index >= 15 is 0 Å². The van der Waals surface area contributed by atoms with Crippen molar-refractivity contribution in [2.75, 3.05) is 26.2 Å². The zero-order valence-corrected chi connectivity index (χ0v) is 14.6. The van der Waals surface area contributed by atoms with Crippen molar-refractivity contribution in [1.82, 2.24) is 24.6 Å². The summed E-state index contributed by atoms with van der Waals surface area (Å²) in [4.78, 5) is 11.0. The van der Waals surface area contributed by atoms with E-state index in [1.54, 1.807) is 11.3 Å². The summed E-state index contributed by atoms with van der Waals surface area (Å²) >= 11 is 1.78. The Morgan fingerprint density at radius 2 is 2.13 bits per heavy atom. The predicted octanol–water partition coefficient (Wildman–Crippen LogP) is 2.69. The SMILES string of the molecule is Cc1ncsc1CN1Cc2ccnn2C(CCN2CCCC2)C1. The number of fused-ring (bicyclic) bond motifs is 1. The molecule has 1 saturated heterocycles. The predicted molar refractivity (Wildman–Crippen MR) is 92.5 cm³/mol. The lowest BCUT2D eigenvalue weighted by Gasteiger charge is -2.34. The molecule has 0 saturated carbocycles. The molecule has 124 valence electrons. The molecule has 0 radical (unpaired) electrons. The Labute approximate surface area is 141 Å². The molecule has 2 aliphatic heterocycles. The van der Waals surface area contributed by atoms with Gasteiger partial charge in [-0.1, -0.05) is 0 Å². The van der Waals surface area contributed by atoms with E-state index in [-0.39, 0.29) is 0 Å². The maximum absolute atomic E-state index is 4.59. The van der Waals surface area contributed by atoms with Crippen LogP contribution in [-0.4, -0.2) is 50.7 Å². The van der Waals surface area contributed by atoms with E-state index in [9.17, 15) is 0 Å². The quantitative estimate of drug-likeness (QED) is 0.844. The molecule has 2 aliphatic rings. The molecule has 0 aliphatic carbocycles. The fourth-order valence-corrected chi connectivity index (χ4v) is 4.64. The molecule has 2 aromatic rings. The molecule has 0 spiro atoms. The van der Waals surface area contributed by atoms with Crippen LogP contribution in [0.3, 0.4) is 0 Å². The molecule has 23 heavy (non-hydrogen) atoms. The first-order valence-electron chi connectivity index (χ1n) is 8.65. The van der Waals surface area contributed by atoms with Crippen molar-refractivity contribution in [2.45, 2.75) is 45.3 Å². The van der Waals surface area contributed by atoms with Gasteiger partial charge in [-0.25, -0.2) is 4.98 Å². The van der Waals surface area contributed by atoms with Gasteiger partial charge in [-0.3, -0.25) is 9.58 Å². The molecule has 1 unspecified atom stereocenters. The van der Waals surface area contributed by atoms with Crippen LogP contribution < -0.4 is 0 Å². The summed E-state index contributed by atoms with van der Waals surface area (Å²) in [5, 5.41) is 4.59. The number of aryl methyl sites for hydroxylation is 1. The fraction of sp³-hybridized carbons (Fsp3) is 0.647. The van der Waals surface area contributed by atoms with Gasteiger partial charge >= 0.3 is 0 Å². The van der Waals surface area contributed by atoms with Gasteiger partial charge in [-0.05, 0) is 45.3 Å². The lowest BCUT2D eigenvalue weighted by Crippen LogP contribution is -2.38. The lowest BCUT2D eigenvalue weighted by atomic mass is 10.1. The van der Waals surface area contributed by atoms with E-state index in [4.69, 9.17) is 0 Å². The van der Waals surface area contributed by atoms with Gasteiger partial charge in [0.2, 0.25) is 0 Å². The second-order valence-corrected chi connectivity index (χ2v) is 7.73. The normalized spacial score (nSPS) is 22.6. The van der Waals surface area contributed by atoms with Gasteiger partial charge in [-0.15, -0.1) is 11.3 Å². The first-order chi connectivity index (χ1) is 11.3. The number of thiazole rings is 1. The Kier molecular flexibility index (Phi) is 4.46. The molecule has 0 amide bonds. The smallest absolute Gasteiger partial charge is 0.0798 e. The summed E-state index contributed by atoms with van der Waals surface area (Å²) in [5.41, 5.74) is 4.50. The van der Waals surface area contributed by atoms with Crippen molar-refractivity contribution in [3.05, 3.63) is 34.0 Å².